The second-order valence-corrected chi connectivity index (χ2v) is 3.52. The number of nitro groups is 1. The predicted molar refractivity (Wildman–Crippen MR) is 61.9 cm³/mol. The summed E-state index contributed by atoms with van der Waals surface area (Å²) < 4.78 is 10.1. The standard InChI is InChI=1S/C10H12ClNO5/c1-16-8-2-3-9(12(14)15)10(4-8)17-6-7(13)5-11/h2-4,7,13H,5-6H2,1H3. The number of hydrogen-bond donors (Lipinski definition) is 1. The Balaban J connectivity index is 2.89. The molecule has 0 aliphatic heterocycles. The summed E-state index contributed by atoms with van der Waals surface area (Å²) in [6, 6.07) is 4.13. The average Bonchev–Trinajstić information content (AvgIpc) is 2.35. The van der Waals surface area contributed by atoms with Gasteiger partial charge in [-0.2, -0.15) is 0 Å². The third-order valence-corrected chi connectivity index (χ3v) is 2.33. The number of methoxy groups -OCH3 is 1. The minimum absolute atomic E-state index is 0.00222. The minimum Gasteiger partial charge on any atom is -0.497 e. The van der Waals surface area contributed by atoms with E-state index in [2.05, 4.69) is 0 Å². The average molecular weight is 262 g/mol. The van der Waals surface area contributed by atoms with Crippen molar-refractivity contribution in [1.82, 2.24) is 0 Å². The maximum atomic E-state index is 10.7. The molecule has 1 unspecified atom stereocenters. The van der Waals surface area contributed by atoms with Crippen molar-refractivity contribution in [2.45, 2.75) is 6.10 Å². The summed E-state index contributed by atoms with van der Waals surface area (Å²) in [5.41, 5.74) is -0.187. The molecular formula is C10H12ClNO5. The molecule has 0 fully saturated rings. The molecule has 17 heavy (non-hydrogen) atoms. The molecule has 0 aliphatic rings. The van der Waals surface area contributed by atoms with Gasteiger partial charge < -0.3 is 14.6 Å². The van der Waals surface area contributed by atoms with Gasteiger partial charge in [0.1, 0.15) is 18.5 Å². The summed E-state index contributed by atoms with van der Waals surface area (Å²) in [5, 5.41) is 19.9. The van der Waals surface area contributed by atoms with E-state index >= 15 is 0 Å². The number of nitro benzene ring substituents is 1. The van der Waals surface area contributed by atoms with E-state index in [1.165, 1.54) is 25.3 Å². The molecule has 1 N–H and O–H groups in total. The second kappa shape index (κ2) is 6.27. The molecule has 0 saturated carbocycles. The van der Waals surface area contributed by atoms with Crippen molar-refractivity contribution in [3.8, 4) is 11.5 Å². The third kappa shape index (κ3) is 3.76. The number of nitrogens with zero attached hydrogens (tertiary/aromatic N) is 1. The van der Waals surface area contributed by atoms with Gasteiger partial charge in [-0.1, -0.05) is 0 Å². The van der Waals surface area contributed by atoms with Crippen molar-refractivity contribution >= 4 is 17.3 Å². The summed E-state index contributed by atoms with van der Waals surface area (Å²) in [5.74, 6) is 0.474. The van der Waals surface area contributed by atoms with Gasteiger partial charge in [0.25, 0.3) is 0 Å². The lowest BCUT2D eigenvalue weighted by Gasteiger charge is -2.10. The highest BCUT2D eigenvalue weighted by Crippen LogP contribution is 2.31. The van der Waals surface area contributed by atoms with Crippen LogP contribution in [0.4, 0.5) is 5.69 Å². The van der Waals surface area contributed by atoms with E-state index in [0.717, 1.165) is 0 Å². The van der Waals surface area contributed by atoms with Crippen molar-refractivity contribution in [2.75, 3.05) is 19.6 Å². The van der Waals surface area contributed by atoms with Crippen molar-refractivity contribution in [3.63, 3.8) is 0 Å². The number of ether oxygens (including phenoxy) is 2. The van der Waals surface area contributed by atoms with Gasteiger partial charge in [-0.3, -0.25) is 10.1 Å². The monoisotopic (exact) mass is 261 g/mol. The fraction of sp³-hybridized carbons (Fsp3) is 0.400. The Bertz CT molecular complexity index is 398. The highest BCUT2D eigenvalue weighted by Gasteiger charge is 2.17. The number of benzene rings is 1. The molecule has 0 aliphatic carbocycles. The summed E-state index contributed by atoms with van der Waals surface area (Å²) >= 11 is 5.39. The lowest BCUT2D eigenvalue weighted by atomic mass is 10.3. The molecule has 0 amide bonds. The zero-order valence-electron chi connectivity index (χ0n) is 9.13. The number of alkyl halides is 1. The molecule has 0 spiro atoms. The molecule has 6 nitrogen and oxygen atoms in total. The van der Waals surface area contributed by atoms with Gasteiger partial charge in [0.2, 0.25) is 5.75 Å². The number of rotatable bonds is 6. The van der Waals surface area contributed by atoms with Crippen LogP contribution < -0.4 is 9.47 Å². The van der Waals surface area contributed by atoms with Gasteiger partial charge >= 0.3 is 5.69 Å². The number of aliphatic hydroxyl groups is 1. The SMILES string of the molecule is COc1ccc([N+](=O)[O-])c(OCC(O)CCl)c1. The zero-order chi connectivity index (χ0) is 12.8. The highest BCUT2D eigenvalue weighted by atomic mass is 35.5. The summed E-state index contributed by atoms with van der Waals surface area (Å²) in [4.78, 5) is 10.2. The third-order valence-electron chi connectivity index (χ3n) is 1.97. The van der Waals surface area contributed by atoms with Crippen LogP contribution in [-0.2, 0) is 0 Å². The van der Waals surface area contributed by atoms with E-state index < -0.39 is 11.0 Å². The van der Waals surface area contributed by atoms with Crippen LogP contribution in [0.25, 0.3) is 0 Å². The largest absolute Gasteiger partial charge is 0.497 e. The van der Waals surface area contributed by atoms with Crippen LogP contribution in [0.15, 0.2) is 18.2 Å². The van der Waals surface area contributed by atoms with Gasteiger partial charge in [0.05, 0.1) is 17.9 Å². The van der Waals surface area contributed by atoms with Crippen LogP contribution in [0, 0.1) is 10.1 Å². The van der Waals surface area contributed by atoms with Crippen LogP contribution in [0.1, 0.15) is 0 Å². The lowest BCUT2D eigenvalue weighted by Crippen LogP contribution is -2.19. The molecule has 1 aromatic carbocycles. The van der Waals surface area contributed by atoms with Gasteiger partial charge in [-0.25, -0.2) is 0 Å². The first-order chi connectivity index (χ1) is 8.08. The maximum absolute atomic E-state index is 10.7. The molecule has 0 aromatic heterocycles. The minimum atomic E-state index is -0.873. The first-order valence-electron chi connectivity index (χ1n) is 4.77. The van der Waals surface area contributed by atoms with Crippen LogP contribution in [0.3, 0.4) is 0 Å². The number of hydrogen-bond acceptors (Lipinski definition) is 5. The van der Waals surface area contributed by atoms with E-state index in [4.69, 9.17) is 21.1 Å². The Morgan fingerprint density at radius 3 is 2.82 bits per heavy atom. The van der Waals surface area contributed by atoms with Crippen LogP contribution in [0.5, 0.6) is 11.5 Å². The van der Waals surface area contributed by atoms with Crippen LogP contribution >= 0.6 is 11.6 Å². The molecule has 1 rings (SSSR count). The van der Waals surface area contributed by atoms with E-state index in [0.29, 0.717) is 5.75 Å². The van der Waals surface area contributed by atoms with Crippen LogP contribution in [-0.4, -0.2) is 35.7 Å². The van der Waals surface area contributed by atoms with Crippen molar-refractivity contribution in [3.05, 3.63) is 28.3 Å². The number of halogens is 1. The Morgan fingerprint density at radius 1 is 1.59 bits per heavy atom. The van der Waals surface area contributed by atoms with Crippen molar-refractivity contribution in [1.29, 1.82) is 0 Å². The fourth-order valence-electron chi connectivity index (χ4n) is 1.12. The molecule has 0 bridgehead atoms. The fourth-order valence-corrected chi connectivity index (χ4v) is 1.21. The zero-order valence-corrected chi connectivity index (χ0v) is 9.88. The molecule has 0 heterocycles. The normalized spacial score (nSPS) is 11.9. The van der Waals surface area contributed by atoms with Gasteiger partial charge in [-0.15, -0.1) is 11.6 Å². The first-order valence-corrected chi connectivity index (χ1v) is 5.31. The van der Waals surface area contributed by atoms with Crippen molar-refractivity contribution < 1.29 is 19.5 Å². The summed E-state index contributed by atoms with van der Waals surface area (Å²) in [6.07, 6.45) is -0.873. The summed E-state index contributed by atoms with van der Waals surface area (Å²) in [7, 11) is 1.44. The molecular weight excluding hydrogens is 250 g/mol. The topological polar surface area (TPSA) is 81.8 Å². The van der Waals surface area contributed by atoms with E-state index in [1.807, 2.05) is 0 Å². The Labute approximate surface area is 103 Å². The molecule has 0 radical (unpaired) electrons. The Kier molecular flexibility index (Phi) is 4.99. The van der Waals surface area contributed by atoms with Crippen molar-refractivity contribution in [2.24, 2.45) is 0 Å². The molecule has 1 aromatic rings. The van der Waals surface area contributed by atoms with Gasteiger partial charge in [-0.05, 0) is 6.07 Å². The van der Waals surface area contributed by atoms with Gasteiger partial charge in [0.15, 0.2) is 0 Å². The predicted octanol–water partition coefficient (Wildman–Crippen LogP) is 1.58. The van der Waals surface area contributed by atoms with Gasteiger partial charge in [0, 0.05) is 12.1 Å². The highest BCUT2D eigenvalue weighted by molar-refractivity contribution is 6.18. The molecule has 0 saturated heterocycles. The Morgan fingerprint density at radius 2 is 2.29 bits per heavy atom. The second-order valence-electron chi connectivity index (χ2n) is 3.21. The molecule has 1 atom stereocenters. The maximum Gasteiger partial charge on any atom is 0.311 e. The molecule has 7 heteroatoms. The summed E-state index contributed by atoms with van der Waals surface area (Å²) in [6.45, 7) is -0.114. The van der Waals surface area contributed by atoms with Crippen LogP contribution in [0.2, 0.25) is 0 Å². The van der Waals surface area contributed by atoms with E-state index in [1.54, 1.807) is 0 Å². The molecule has 94 valence electrons. The quantitative estimate of drug-likeness (QED) is 0.478. The lowest BCUT2D eigenvalue weighted by molar-refractivity contribution is -0.385. The Hall–Kier alpha value is -1.53. The first kappa shape index (κ1) is 13.5. The van der Waals surface area contributed by atoms with E-state index in [-0.39, 0.29) is 23.9 Å². The van der Waals surface area contributed by atoms with E-state index in [9.17, 15) is 15.2 Å². The number of aliphatic hydroxyl groups excluding tert-OH is 1. The smallest absolute Gasteiger partial charge is 0.311 e.